The monoisotopic (exact) mass is 385 g/mol. The van der Waals surface area contributed by atoms with E-state index >= 15 is 0 Å². The molecule has 0 amide bonds. The van der Waals surface area contributed by atoms with E-state index in [0.717, 1.165) is 16.9 Å². The molecule has 4 rings (SSSR count). The van der Waals surface area contributed by atoms with Crippen molar-refractivity contribution in [1.29, 1.82) is 0 Å². The number of anilines is 1. The number of nitrogens with one attached hydrogen (secondary N) is 2. The topological polar surface area (TPSA) is 108 Å². The predicted molar refractivity (Wildman–Crippen MR) is 101 cm³/mol. The molecule has 0 atom stereocenters. The smallest absolute Gasteiger partial charge is 0.240 e. The fraction of sp³-hybridized carbons (Fsp3) is 0.278. The maximum atomic E-state index is 12.5. The third-order valence-electron chi connectivity index (χ3n) is 4.95. The first kappa shape index (κ1) is 17.6. The molecular weight excluding hydrogens is 366 g/mol. The van der Waals surface area contributed by atoms with Crippen LogP contribution in [0.3, 0.4) is 0 Å². The first-order valence-electron chi connectivity index (χ1n) is 8.56. The Labute approximate surface area is 156 Å². The molecule has 1 saturated carbocycles. The second-order valence-electron chi connectivity index (χ2n) is 6.68. The van der Waals surface area contributed by atoms with Crippen molar-refractivity contribution in [2.75, 3.05) is 11.9 Å². The van der Waals surface area contributed by atoms with E-state index in [1.54, 1.807) is 12.1 Å². The van der Waals surface area contributed by atoms with E-state index in [1.165, 1.54) is 18.5 Å². The zero-order chi connectivity index (χ0) is 19.0. The van der Waals surface area contributed by atoms with E-state index in [0.29, 0.717) is 24.7 Å². The summed E-state index contributed by atoms with van der Waals surface area (Å²) in [7, 11) is -1.69. The van der Waals surface area contributed by atoms with Gasteiger partial charge in [-0.05, 0) is 31.0 Å². The van der Waals surface area contributed by atoms with E-state index < -0.39 is 10.0 Å². The van der Waals surface area contributed by atoms with Gasteiger partial charge in [0.15, 0.2) is 0 Å². The molecule has 0 spiro atoms. The minimum atomic E-state index is -3.65. The number of benzene rings is 1. The molecule has 1 fully saturated rings. The summed E-state index contributed by atoms with van der Waals surface area (Å²) in [6.07, 6.45) is 5.33. The van der Waals surface area contributed by atoms with Crippen molar-refractivity contribution >= 4 is 33.2 Å². The van der Waals surface area contributed by atoms with Crippen molar-refractivity contribution in [3.63, 3.8) is 0 Å². The molecule has 2 heterocycles. The normalized spacial score (nSPS) is 19.6. The molecule has 1 aliphatic rings. The van der Waals surface area contributed by atoms with Crippen LogP contribution in [0.5, 0.6) is 0 Å². The average molecular weight is 385 g/mol. The molecule has 9 heteroatoms. The standard InChI is InChI=1S/C18H19N5O3S/c1-23(18-16-5-6-19-17(16)20-11-21-18)14-8-13(9-14)22-27(25,26)15-4-2-3-12(7-15)10-24/h2-7,10-11,13-14,22H,8-9H2,1H3,(H,19,20,21)/t13-,14+. The van der Waals surface area contributed by atoms with Gasteiger partial charge in [-0.2, -0.15) is 0 Å². The van der Waals surface area contributed by atoms with Crippen LogP contribution in [0.4, 0.5) is 5.82 Å². The molecule has 0 saturated heterocycles. The number of aldehydes is 1. The summed E-state index contributed by atoms with van der Waals surface area (Å²) in [5.41, 5.74) is 1.11. The molecule has 27 heavy (non-hydrogen) atoms. The van der Waals surface area contributed by atoms with E-state index in [9.17, 15) is 13.2 Å². The lowest BCUT2D eigenvalue weighted by atomic mass is 9.86. The highest BCUT2D eigenvalue weighted by atomic mass is 32.2. The summed E-state index contributed by atoms with van der Waals surface area (Å²) in [6, 6.07) is 7.97. The van der Waals surface area contributed by atoms with E-state index in [2.05, 4.69) is 24.6 Å². The lowest BCUT2D eigenvalue weighted by molar-refractivity contribution is 0.112. The second-order valence-corrected chi connectivity index (χ2v) is 8.40. The molecule has 1 aromatic carbocycles. The summed E-state index contributed by atoms with van der Waals surface area (Å²) in [5, 5.41) is 0.940. The second kappa shape index (κ2) is 6.75. The molecule has 2 aromatic heterocycles. The highest BCUT2D eigenvalue weighted by molar-refractivity contribution is 7.89. The Bertz CT molecular complexity index is 1090. The number of rotatable bonds is 6. The number of carbonyl (C=O) groups excluding carboxylic acids is 1. The summed E-state index contributed by atoms with van der Waals surface area (Å²) in [5.74, 6) is 0.825. The van der Waals surface area contributed by atoms with Crippen molar-refractivity contribution in [2.45, 2.75) is 29.8 Å². The van der Waals surface area contributed by atoms with Gasteiger partial charge in [-0.15, -0.1) is 0 Å². The van der Waals surface area contributed by atoms with Gasteiger partial charge in [0.25, 0.3) is 0 Å². The van der Waals surface area contributed by atoms with E-state index in [4.69, 9.17) is 0 Å². The third kappa shape index (κ3) is 3.31. The fourth-order valence-electron chi connectivity index (χ4n) is 3.36. The number of aromatic amines is 1. The Morgan fingerprint density at radius 2 is 2.07 bits per heavy atom. The van der Waals surface area contributed by atoms with Crippen LogP contribution in [0.15, 0.2) is 47.8 Å². The minimum Gasteiger partial charge on any atom is -0.356 e. The van der Waals surface area contributed by atoms with Crippen LogP contribution in [0.25, 0.3) is 11.0 Å². The minimum absolute atomic E-state index is 0.105. The Hall–Kier alpha value is -2.78. The zero-order valence-electron chi connectivity index (χ0n) is 14.7. The number of nitrogens with zero attached hydrogens (tertiary/aromatic N) is 3. The number of aromatic nitrogens is 3. The molecule has 0 unspecified atom stereocenters. The largest absolute Gasteiger partial charge is 0.356 e. The number of hydrogen-bond donors (Lipinski definition) is 2. The Morgan fingerprint density at radius 3 is 2.85 bits per heavy atom. The third-order valence-corrected chi connectivity index (χ3v) is 6.47. The summed E-state index contributed by atoms with van der Waals surface area (Å²) < 4.78 is 27.8. The van der Waals surface area contributed by atoms with E-state index in [1.807, 2.05) is 19.3 Å². The molecule has 3 aromatic rings. The lowest BCUT2D eigenvalue weighted by Gasteiger charge is -2.41. The molecule has 0 radical (unpaired) electrons. The van der Waals surface area contributed by atoms with Gasteiger partial charge >= 0.3 is 0 Å². The molecule has 140 valence electrons. The van der Waals surface area contributed by atoms with Gasteiger partial charge in [0.2, 0.25) is 10.0 Å². The quantitative estimate of drug-likeness (QED) is 0.626. The van der Waals surface area contributed by atoms with Gasteiger partial charge in [-0.1, -0.05) is 12.1 Å². The summed E-state index contributed by atoms with van der Waals surface area (Å²) in [6.45, 7) is 0. The van der Waals surface area contributed by atoms with Gasteiger partial charge in [0.05, 0.1) is 10.3 Å². The van der Waals surface area contributed by atoms with Crippen LogP contribution in [-0.4, -0.2) is 48.8 Å². The lowest BCUT2D eigenvalue weighted by Crippen LogP contribution is -2.53. The molecule has 2 N–H and O–H groups in total. The molecule has 8 nitrogen and oxygen atoms in total. The maximum absolute atomic E-state index is 12.5. The Balaban J connectivity index is 1.43. The van der Waals surface area contributed by atoms with Crippen LogP contribution in [0.1, 0.15) is 23.2 Å². The van der Waals surface area contributed by atoms with Crippen LogP contribution >= 0.6 is 0 Å². The summed E-state index contributed by atoms with van der Waals surface area (Å²) in [4.78, 5) is 24.7. The fourth-order valence-corrected chi connectivity index (χ4v) is 4.67. The highest BCUT2D eigenvalue weighted by Crippen LogP contribution is 2.31. The number of sulfonamides is 1. The van der Waals surface area contributed by atoms with Crippen LogP contribution in [0.2, 0.25) is 0 Å². The Morgan fingerprint density at radius 1 is 1.26 bits per heavy atom. The average Bonchev–Trinajstić information content (AvgIpc) is 3.12. The first-order valence-corrected chi connectivity index (χ1v) is 10.0. The SMILES string of the molecule is CN(c1ncnc2[nH]ccc12)[C@H]1C[C@@H](NS(=O)(=O)c2cccc(C=O)c2)C1. The number of hydrogen-bond acceptors (Lipinski definition) is 6. The number of H-pyrrole nitrogens is 1. The highest BCUT2D eigenvalue weighted by Gasteiger charge is 2.36. The Kier molecular flexibility index (Phi) is 4.40. The van der Waals surface area contributed by atoms with Crippen LogP contribution in [-0.2, 0) is 10.0 Å². The van der Waals surface area contributed by atoms with Gasteiger partial charge < -0.3 is 9.88 Å². The van der Waals surface area contributed by atoms with Gasteiger partial charge in [0.1, 0.15) is 24.1 Å². The van der Waals surface area contributed by atoms with Crippen molar-refractivity contribution in [3.05, 3.63) is 48.4 Å². The number of carbonyl (C=O) groups is 1. The first-order chi connectivity index (χ1) is 13.0. The summed E-state index contributed by atoms with van der Waals surface area (Å²) >= 11 is 0. The number of fused-ring (bicyclic) bond motifs is 1. The van der Waals surface area contributed by atoms with Gasteiger partial charge in [0, 0.05) is 30.9 Å². The van der Waals surface area contributed by atoms with Crippen molar-refractivity contribution < 1.29 is 13.2 Å². The molecule has 0 aliphatic heterocycles. The van der Waals surface area contributed by atoms with Crippen molar-refractivity contribution in [1.82, 2.24) is 19.7 Å². The van der Waals surface area contributed by atoms with Gasteiger partial charge in [-0.25, -0.2) is 23.1 Å². The van der Waals surface area contributed by atoms with Gasteiger partial charge in [-0.3, -0.25) is 4.79 Å². The molecular formula is C18H19N5O3S. The maximum Gasteiger partial charge on any atom is 0.240 e. The zero-order valence-corrected chi connectivity index (χ0v) is 15.5. The van der Waals surface area contributed by atoms with Crippen LogP contribution < -0.4 is 9.62 Å². The van der Waals surface area contributed by atoms with E-state index in [-0.39, 0.29) is 17.0 Å². The molecule has 0 bridgehead atoms. The van der Waals surface area contributed by atoms with Crippen molar-refractivity contribution in [2.24, 2.45) is 0 Å². The van der Waals surface area contributed by atoms with Crippen LogP contribution in [0, 0.1) is 0 Å². The van der Waals surface area contributed by atoms with Crippen molar-refractivity contribution in [3.8, 4) is 0 Å². The predicted octanol–water partition coefficient (Wildman–Crippen LogP) is 1.72. The molecule has 1 aliphatic carbocycles.